The van der Waals surface area contributed by atoms with Gasteiger partial charge in [0.1, 0.15) is 11.5 Å². The Kier molecular flexibility index (Phi) is 6.37. The van der Waals surface area contributed by atoms with Crippen molar-refractivity contribution in [2.45, 2.75) is 33.0 Å². The van der Waals surface area contributed by atoms with Crippen molar-refractivity contribution in [1.82, 2.24) is 5.43 Å². The lowest BCUT2D eigenvalue weighted by atomic mass is 10.2. The van der Waals surface area contributed by atoms with Crippen molar-refractivity contribution in [3.8, 4) is 11.5 Å². The number of nitrogens with zero attached hydrogens (tertiary/aromatic N) is 1. The molecule has 0 saturated carbocycles. The SMILES string of the molecule is CC(C)Oc1ccccc1/C=N\NC(=O)[C@H](C)Oc1ccccc1. The van der Waals surface area contributed by atoms with E-state index >= 15 is 0 Å². The molecule has 1 N–H and O–H groups in total. The first-order valence-corrected chi connectivity index (χ1v) is 7.86. The minimum Gasteiger partial charge on any atom is -0.490 e. The third-order valence-electron chi connectivity index (χ3n) is 3.09. The Morgan fingerprint density at radius 1 is 1.00 bits per heavy atom. The Balaban J connectivity index is 1.92. The Labute approximate surface area is 142 Å². The Morgan fingerprint density at radius 3 is 2.38 bits per heavy atom. The van der Waals surface area contributed by atoms with Gasteiger partial charge in [0.15, 0.2) is 6.10 Å². The van der Waals surface area contributed by atoms with Gasteiger partial charge in [0.05, 0.1) is 12.3 Å². The van der Waals surface area contributed by atoms with Crippen LogP contribution < -0.4 is 14.9 Å². The van der Waals surface area contributed by atoms with Gasteiger partial charge in [-0.3, -0.25) is 4.79 Å². The molecule has 1 atom stereocenters. The van der Waals surface area contributed by atoms with Crippen molar-refractivity contribution in [3.05, 3.63) is 60.2 Å². The molecule has 2 aromatic carbocycles. The molecule has 5 nitrogen and oxygen atoms in total. The zero-order valence-corrected chi connectivity index (χ0v) is 14.1. The van der Waals surface area contributed by atoms with Gasteiger partial charge in [0, 0.05) is 5.56 Å². The maximum absolute atomic E-state index is 12.0. The highest BCUT2D eigenvalue weighted by Crippen LogP contribution is 2.17. The number of hydrogen-bond donors (Lipinski definition) is 1. The smallest absolute Gasteiger partial charge is 0.280 e. The topological polar surface area (TPSA) is 59.9 Å². The molecule has 2 aromatic rings. The predicted octanol–water partition coefficient (Wildman–Crippen LogP) is 3.39. The van der Waals surface area contributed by atoms with Crippen molar-refractivity contribution < 1.29 is 14.3 Å². The van der Waals surface area contributed by atoms with E-state index in [4.69, 9.17) is 9.47 Å². The molecule has 0 aliphatic heterocycles. The van der Waals surface area contributed by atoms with Gasteiger partial charge in [-0.15, -0.1) is 0 Å². The molecule has 0 saturated heterocycles. The van der Waals surface area contributed by atoms with Gasteiger partial charge >= 0.3 is 0 Å². The van der Waals surface area contributed by atoms with E-state index in [0.29, 0.717) is 5.75 Å². The van der Waals surface area contributed by atoms with Gasteiger partial charge in [-0.1, -0.05) is 30.3 Å². The van der Waals surface area contributed by atoms with Crippen molar-refractivity contribution >= 4 is 12.1 Å². The zero-order chi connectivity index (χ0) is 17.4. The minimum absolute atomic E-state index is 0.0634. The number of ether oxygens (including phenoxy) is 2. The molecule has 5 heteroatoms. The number of rotatable bonds is 7. The average Bonchev–Trinajstić information content (AvgIpc) is 2.56. The Morgan fingerprint density at radius 2 is 1.67 bits per heavy atom. The van der Waals surface area contributed by atoms with Crippen LogP contribution in [0.5, 0.6) is 11.5 Å². The van der Waals surface area contributed by atoms with E-state index in [1.54, 1.807) is 25.3 Å². The molecule has 1 amide bonds. The van der Waals surface area contributed by atoms with Crippen LogP contribution in [0.3, 0.4) is 0 Å². The third kappa shape index (κ3) is 5.43. The normalized spacial score (nSPS) is 12.2. The maximum Gasteiger partial charge on any atom is 0.280 e. The molecule has 0 unspecified atom stereocenters. The van der Waals surface area contributed by atoms with Crippen LogP contribution in [0.4, 0.5) is 0 Å². The zero-order valence-electron chi connectivity index (χ0n) is 14.1. The number of amides is 1. The average molecular weight is 326 g/mol. The third-order valence-corrected chi connectivity index (χ3v) is 3.09. The standard InChI is InChI=1S/C19H22N2O3/c1-14(2)23-18-12-8-7-9-16(18)13-20-21-19(22)15(3)24-17-10-5-4-6-11-17/h4-15H,1-3H3,(H,21,22)/b20-13-/t15-/m0/s1. The fourth-order valence-corrected chi connectivity index (χ4v) is 1.96. The second-order valence-corrected chi connectivity index (χ2v) is 5.51. The summed E-state index contributed by atoms with van der Waals surface area (Å²) < 4.78 is 11.2. The largest absolute Gasteiger partial charge is 0.490 e. The number of benzene rings is 2. The number of hydrogen-bond acceptors (Lipinski definition) is 4. The van der Waals surface area contributed by atoms with E-state index in [0.717, 1.165) is 11.3 Å². The summed E-state index contributed by atoms with van der Waals surface area (Å²) in [6.07, 6.45) is 0.977. The highest BCUT2D eigenvalue weighted by atomic mass is 16.5. The summed E-state index contributed by atoms with van der Waals surface area (Å²) >= 11 is 0. The Hall–Kier alpha value is -2.82. The molecule has 0 aliphatic rings. The van der Waals surface area contributed by atoms with Crippen molar-refractivity contribution in [3.63, 3.8) is 0 Å². The Bertz CT molecular complexity index is 684. The monoisotopic (exact) mass is 326 g/mol. The van der Waals surface area contributed by atoms with Crippen LogP contribution in [0.1, 0.15) is 26.3 Å². The highest BCUT2D eigenvalue weighted by molar-refractivity contribution is 5.86. The quantitative estimate of drug-likeness (QED) is 0.627. The van der Waals surface area contributed by atoms with Crippen LogP contribution in [0.25, 0.3) is 0 Å². The number of hydrazone groups is 1. The summed E-state index contributed by atoms with van der Waals surface area (Å²) in [6, 6.07) is 16.7. The molecular formula is C19H22N2O3. The van der Waals surface area contributed by atoms with Gasteiger partial charge in [0.2, 0.25) is 0 Å². The molecule has 0 aromatic heterocycles. The fourth-order valence-electron chi connectivity index (χ4n) is 1.96. The molecule has 0 fully saturated rings. The number of carbonyl (C=O) groups is 1. The summed E-state index contributed by atoms with van der Waals surface area (Å²) in [7, 11) is 0. The van der Waals surface area contributed by atoms with E-state index < -0.39 is 6.10 Å². The van der Waals surface area contributed by atoms with Crippen LogP contribution in [-0.4, -0.2) is 24.3 Å². The maximum atomic E-state index is 12.0. The number of para-hydroxylation sites is 2. The van der Waals surface area contributed by atoms with Crippen molar-refractivity contribution in [2.24, 2.45) is 5.10 Å². The molecule has 0 heterocycles. The summed E-state index contributed by atoms with van der Waals surface area (Å²) in [4.78, 5) is 12.0. The van der Waals surface area contributed by atoms with E-state index in [2.05, 4.69) is 10.5 Å². The van der Waals surface area contributed by atoms with Gasteiger partial charge in [-0.25, -0.2) is 5.43 Å². The fraction of sp³-hybridized carbons (Fsp3) is 0.263. The summed E-state index contributed by atoms with van der Waals surface area (Å²) in [5.41, 5.74) is 3.28. The molecule has 24 heavy (non-hydrogen) atoms. The summed E-state index contributed by atoms with van der Waals surface area (Å²) in [5.74, 6) is 1.04. The lowest BCUT2D eigenvalue weighted by Gasteiger charge is -2.13. The molecule has 0 radical (unpaired) electrons. The first-order chi connectivity index (χ1) is 11.6. The van der Waals surface area contributed by atoms with E-state index in [1.165, 1.54) is 0 Å². The van der Waals surface area contributed by atoms with Crippen LogP contribution in [-0.2, 0) is 4.79 Å². The molecular weight excluding hydrogens is 304 g/mol. The van der Waals surface area contributed by atoms with Crippen LogP contribution in [0.15, 0.2) is 59.7 Å². The van der Waals surface area contributed by atoms with Gasteiger partial charge in [-0.05, 0) is 45.0 Å². The van der Waals surface area contributed by atoms with Crippen molar-refractivity contribution in [2.75, 3.05) is 0 Å². The van der Waals surface area contributed by atoms with Crippen LogP contribution in [0, 0.1) is 0 Å². The van der Waals surface area contributed by atoms with Gasteiger partial charge < -0.3 is 9.47 Å². The van der Waals surface area contributed by atoms with E-state index in [1.807, 2.05) is 56.3 Å². The van der Waals surface area contributed by atoms with Crippen molar-refractivity contribution in [1.29, 1.82) is 0 Å². The number of nitrogens with one attached hydrogen (secondary N) is 1. The summed E-state index contributed by atoms with van der Waals surface area (Å²) in [5, 5.41) is 3.99. The van der Waals surface area contributed by atoms with Crippen LogP contribution >= 0.6 is 0 Å². The minimum atomic E-state index is -0.647. The predicted molar refractivity (Wildman–Crippen MR) is 94.5 cm³/mol. The molecule has 2 rings (SSSR count). The second-order valence-electron chi connectivity index (χ2n) is 5.51. The summed E-state index contributed by atoms with van der Waals surface area (Å²) in [6.45, 7) is 5.59. The first kappa shape index (κ1) is 17.5. The highest BCUT2D eigenvalue weighted by Gasteiger charge is 2.13. The lowest BCUT2D eigenvalue weighted by Crippen LogP contribution is -2.33. The first-order valence-electron chi connectivity index (χ1n) is 7.86. The van der Waals surface area contributed by atoms with Gasteiger partial charge in [-0.2, -0.15) is 5.10 Å². The van der Waals surface area contributed by atoms with E-state index in [9.17, 15) is 4.79 Å². The van der Waals surface area contributed by atoms with E-state index in [-0.39, 0.29) is 12.0 Å². The molecule has 0 spiro atoms. The molecule has 0 aliphatic carbocycles. The molecule has 126 valence electrons. The second kappa shape index (κ2) is 8.72. The lowest BCUT2D eigenvalue weighted by molar-refractivity contribution is -0.127. The van der Waals surface area contributed by atoms with Gasteiger partial charge in [0.25, 0.3) is 5.91 Å². The molecule has 0 bridgehead atoms. The van der Waals surface area contributed by atoms with Crippen LogP contribution in [0.2, 0.25) is 0 Å². The number of carbonyl (C=O) groups excluding carboxylic acids is 1.